The van der Waals surface area contributed by atoms with E-state index in [4.69, 9.17) is 21.1 Å². The molecular formula is C21H21ClN2O6S2. The minimum atomic E-state index is -3.43. The first-order chi connectivity index (χ1) is 14.9. The van der Waals surface area contributed by atoms with E-state index < -0.39 is 27.3 Å². The average Bonchev–Trinajstić information content (AvgIpc) is 3.05. The van der Waals surface area contributed by atoms with Crippen LogP contribution in [-0.4, -0.2) is 43.8 Å². The summed E-state index contributed by atoms with van der Waals surface area (Å²) in [6.45, 7) is 2.96. The van der Waals surface area contributed by atoms with Gasteiger partial charge in [0.25, 0.3) is 5.91 Å². The van der Waals surface area contributed by atoms with Crippen molar-refractivity contribution in [1.82, 2.24) is 4.57 Å². The van der Waals surface area contributed by atoms with E-state index in [0.717, 1.165) is 17.6 Å². The maximum Gasteiger partial charge on any atom is 0.325 e. The lowest BCUT2D eigenvalue weighted by Crippen LogP contribution is -2.38. The second-order valence-electron chi connectivity index (χ2n) is 7.43. The highest BCUT2D eigenvalue weighted by molar-refractivity contribution is 7.90. The van der Waals surface area contributed by atoms with Crippen LogP contribution >= 0.6 is 22.9 Å². The van der Waals surface area contributed by atoms with Crippen molar-refractivity contribution in [3.05, 3.63) is 52.3 Å². The van der Waals surface area contributed by atoms with Gasteiger partial charge in [-0.3, -0.25) is 9.59 Å². The number of ether oxygens (including phenoxy) is 2. The van der Waals surface area contributed by atoms with Crippen LogP contribution in [0.25, 0.3) is 10.2 Å². The summed E-state index contributed by atoms with van der Waals surface area (Å²) < 4.78 is 36.4. The lowest BCUT2D eigenvalue weighted by atomic mass is 10.1. The van der Waals surface area contributed by atoms with Crippen molar-refractivity contribution in [3.8, 4) is 5.75 Å². The van der Waals surface area contributed by atoms with Crippen LogP contribution in [0.4, 0.5) is 0 Å². The van der Waals surface area contributed by atoms with Crippen LogP contribution in [0.3, 0.4) is 0 Å². The molecule has 1 amide bonds. The molecule has 11 heteroatoms. The molecule has 1 aromatic heterocycles. The summed E-state index contributed by atoms with van der Waals surface area (Å²) >= 11 is 6.97. The van der Waals surface area contributed by atoms with Gasteiger partial charge in [0.1, 0.15) is 12.3 Å². The molecule has 0 aliphatic heterocycles. The van der Waals surface area contributed by atoms with Crippen LogP contribution in [0.5, 0.6) is 5.75 Å². The molecule has 0 aliphatic rings. The second-order valence-corrected chi connectivity index (χ2v) is 10.9. The van der Waals surface area contributed by atoms with Gasteiger partial charge in [0.15, 0.2) is 20.2 Å². The Morgan fingerprint density at radius 3 is 2.41 bits per heavy atom. The molecule has 0 aliphatic carbocycles. The number of halogens is 1. The third-order valence-electron chi connectivity index (χ3n) is 4.50. The third kappa shape index (κ3) is 5.37. The largest absolute Gasteiger partial charge is 0.478 e. The number of amides is 1. The van der Waals surface area contributed by atoms with Crippen molar-refractivity contribution >= 4 is 54.9 Å². The van der Waals surface area contributed by atoms with Gasteiger partial charge in [0.2, 0.25) is 0 Å². The Morgan fingerprint density at radius 2 is 1.81 bits per heavy atom. The first-order valence-corrected chi connectivity index (χ1v) is 12.4. The van der Waals surface area contributed by atoms with Crippen molar-refractivity contribution in [2.75, 3.05) is 13.4 Å². The summed E-state index contributed by atoms with van der Waals surface area (Å²) in [5.41, 5.74) is -0.763. The first-order valence-electron chi connectivity index (χ1n) is 9.35. The van der Waals surface area contributed by atoms with Gasteiger partial charge in [-0.25, -0.2) is 8.42 Å². The van der Waals surface area contributed by atoms with Gasteiger partial charge >= 0.3 is 5.97 Å². The van der Waals surface area contributed by atoms with Crippen molar-refractivity contribution in [1.29, 1.82) is 0 Å². The summed E-state index contributed by atoms with van der Waals surface area (Å²) in [7, 11) is -2.18. The fraction of sp³-hybridized carbons (Fsp3) is 0.286. The van der Waals surface area contributed by atoms with E-state index >= 15 is 0 Å². The molecule has 170 valence electrons. The molecule has 3 rings (SSSR count). The number of fused-ring (bicyclic) bond motifs is 1. The Morgan fingerprint density at radius 1 is 1.16 bits per heavy atom. The van der Waals surface area contributed by atoms with Crippen LogP contribution in [0.1, 0.15) is 13.8 Å². The van der Waals surface area contributed by atoms with Gasteiger partial charge in [0.05, 0.1) is 22.2 Å². The number of esters is 1. The standard InChI is InChI=1S/C21H21ClN2O6S2/c1-21(2,30-14-7-5-13(22)6-8-14)19(26)23-20-24(12-18(25)29-3)16-10-9-15(32(4,27)28)11-17(16)31-20/h5-11H,12H2,1-4H3. The van der Waals surface area contributed by atoms with Gasteiger partial charge < -0.3 is 14.0 Å². The predicted octanol–water partition coefficient (Wildman–Crippen LogP) is 3.22. The Labute approximate surface area is 194 Å². The zero-order valence-corrected chi connectivity index (χ0v) is 20.2. The molecule has 0 atom stereocenters. The van der Waals surface area contributed by atoms with E-state index in [0.29, 0.717) is 21.0 Å². The number of aromatic nitrogens is 1. The van der Waals surface area contributed by atoms with Crippen LogP contribution in [-0.2, 0) is 30.7 Å². The Balaban J connectivity index is 2.07. The number of hydrogen-bond donors (Lipinski definition) is 0. The maximum absolute atomic E-state index is 13.0. The van der Waals surface area contributed by atoms with E-state index in [1.807, 2.05) is 0 Å². The molecule has 2 aromatic carbocycles. The zero-order chi connectivity index (χ0) is 23.7. The topological polar surface area (TPSA) is 104 Å². The Hall–Kier alpha value is -2.69. The van der Waals surface area contributed by atoms with E-state index in [1.165, 1.54) is 23.8 Å². The number of methoxy groups -OCH3 is 1. The quantitative estimate of drug-likeness (QED) is 0.485. The fourth-order valence-electron chi connectivity index (χ4n) is 2.78. The summed E-state index contributed by atoms with van der Waals surface area (Å²) in [6, 6.07) is 11.1. The maximum atomic E-state index is 13.0. The number of carbonyl (C=O) groups excluding carboxylic acids is 2. The van der Waals surface area contributed by atoms with E-state index in [2.05, 4.69) is 4.99 Å². The van der Waals surface area contributed by atoms with E-state index in [1.54, 1.807) is 44.2 Å². The monoisotopic (exact) mass is 496 g/mol. The molecule has 0 unspecified atom stereocenters. The molecule has 0 saturated carbocycles. The average molecular weight is 497 g/mol. The number of nitrogens with zero attached hydrogens (tertiary/aromatic N) is 2. The summed E-state index contributed by atoms with van der Waals surface area (Å²) in [4.78, 5) is 29.5. The smallest absolute Gasteiger partial charge is 0.325 e. The van der Waals surface area contributed by atoms with Crippen LogP contribution < -0.4 is 9.54 Å². The zero-order valence-electron chi connectivity index (χ0n) is 17.8. The molecule has 0 N–H and O–H groups in total. The molecule has 32 heavy (non-hydrogen) atoms. The van der Waals surface area contributed by atoms with E-state index in [-0.39, 0.29) is 16.2 Å². The molecule has 0 spiro atoms. The molecule has 3 aromatic rings. The number of benzene rings is 2. The Bertz CT molecular complexity index is 1360. The van der Waals surface area contributed by atoms with Crippen molar-refractivity contribution < 1.29 is 27.5 Å². The highest BCUT2D eigenvalue weighted by Crippen LogP contribution is 2.24. The highest BCUT2D eigenvalue weighted by Gasteiger charge is 2.30. The summed E-state index contributed by atoms with van der Waals surface area (Å²) in [5, 5.41) is 0.536. The van der Waals surface area contributed by atoms with Crippen molar-refractivity contribution in [3.63, 3.8) is 0 Å². The van der Waals surface area contributed by atoms with Gasteiger partial charge in [-0.05, 0) is 56.3 Å². The number of carbonyl (C=O) groups is 2. The molecule has 1 heterocycles. The fourth-order valence-corrected chi connectivity index (χ4v) is 4.69. The molecule has 0 saturated heterocycles. The summed E-state index contributed by atoms with van der Waals surface area (Å²) in [5.74, 6) is -0.678. The van der Waals surface area contributed by atoms with Crippen LogP contribution in [0, 0.1) is 0 Å². The van der Waals surface area contributed by atoms with Gasteiger partial charge in [-0.15, -0.1) is 0 Å². The molecule has 0 fully saturated rings. The van der Waals surface area contributed by atoms with Crippen molar-refractivity contribution in [2.45, 2.75) is 30.9 Å². The molecular weight excluding hydrogens is 476 g/mol. The van der Waals surface area contributed by atoms with Crippen LogP contribution in [0.15, 0.2) is 52.4 Å². The lowest BCUT2D eigenvalue weighted by molar-refractivity contribution is -0.141. The molecule has 8 nitrogen and oxygen atoms in total. The Kier molecular flexibility index (Phi) is 6.77. The minimum Gasteiger partial charge on any atom is -0.478 e. The summed E-state index contributed by atoms with van der Waals surface area (Å²) in [6.07, 6.45) is 1.11. The normalized spacial score (nSPS) is 12.7. The first kappa shape index (κ1) is 24.0. The van der Waals surface area contributed by atoms with Gasteiger partial charge in [-0.2, -0.15) is 4.99 Å². The number of sulfone groups is 1. The van der Waals surface area contributed by atoms with E-state index in [9.17, 15) is 18.0 Å². The van der Waals surface area contributed by atoms with Gasteiger partial charge in [0, 0.05) is 11.3 Å². The predicted molar refractivity (Wildman–Crippen MR) is 122 cm³/mol. The third-order valence-corrected chi connectivity index (χ3v) is 6.90. The molecule has 0 radical (unpaired) electrons. The SMILES string of the molecule is COC(=O)Cn1c(=NC(=O)C(C)(C)Oc2ccc(Cl)cc2)sc2cc(S(C)(=O)=O)ccc21. The van der Waals surface area contributed by atoms with Gasteiger partial charge in [-0.1, -0.05) is 22.9 Å². The van der Waals surface area contributed by atoms with Crippen molar-refractivity contribution in [2.24, 2.45) is 4.99 Å². The van der Waals surface area contributed by atoms with Crippen LogP contribution in [0.2, 0.25) is 5.02 Å². The number of rotatable bonds is 6. The second kappa shape index (κ2) is 9.05. The highest BCUT2D eigenvalue weighted by atomic mass is 35.5. The minimum absolute atomic E-state index is 0.126. The number of hydrogen-bond acceptors (Lipinski definition) is 7. The number of thiazole rings is 1. The lowest BCUT2D eigenvalue weighted by Gasteiger charge is -2.22. The molecule has 0 bridgehead atoms.